The van der Waals surface area contributed by atoms with Crippen LogP contribution in [0.2, 0.25) is 0 Å². The fraction of sp³-hybridized carbons (Fsp3) is 0.500. The van der Waals surface area contributed by atoms with E-state index in [1.165, 1.54) is 6.07 Å². The van der Waals surface area contributed by atoms with Crippen LogP contribution in [0.4, 0.5) is 5.69 Å². The van der Waals surface area contributed by atoms with Crippen molar-refractivity contribution in [1.82, 2.24) is 5.32 Å². The Kier molecular flexibility index (Phi) is 5.30. The van der Waals surface area contributed by atoms with Gasteiger partial charge in [0.1, 0.15) is 0 Å². The van der Waals surface area contributed by atoms with Gasteiger partial charge >= 0.3 is 5.97 Å². The standard InChI is InChI=1S/C14H17BrN2O4/c15-11-5-4-10(13(7-11)17(20)21)8-16-12-3-1-2-9(6-12)14(18)19/h4-5,7,9,12,16H,1-3,6,8H2,(H,18,19). The van der Waals surface area contributed by atoms with E-state index in [1.807, 2.05) is 0 Å². The molecule has 6 nitrogen and oxygen atoms in total. The van der Waals surface area contributed by atoms with E-state index in [-0.39, 0.29) is 17.6 Å². The molecule has 1 aromatic rings. The molecule has 1 saturated carbocycles. The Balaban J connectivity index is 2.00. The van der Waals surface area contributed by atoms with E-state index >= 15 is 0 Å². The molecule has 0 aliphatic heterocycles. The van der Waals surface area contributed by atoms with Gasteiger partial charge in [0.25, 0.3) is 5.69 Å². The molecule has 1 aliphatic rings. The van der Waals surface area contributed by atoms with Crippen LogP contribution in [0.1, 0.15) is 31.2 Å². The molecule has 21 heavy (non-hydrogen) atoms. The summed E-state index contributed by atoms with van der Waals surface area (Å²) in [6.45, 7) is 0.376. The minimum Gasteiger partial charge on any atom is -0.481 e. The molecule has 0 heterocycles. The second-order valence-electron chi connectivity index (χ2n) is 5.31. The first-order valence-electron chi connectivity index (χ1n) is 6.86. The lowest BCUT2D eigenvalue weighted by Gasteiger charge is -2.27. The van der Waals surface area contributed by atoms with Crippen molar-refractivity contribution in [1.29, 1.82) is 0 Å². The van der Waals surface area contributed by atoms with Crippen molar-refractivity contribution in [3.63, 3.8) is 0 Å². The van der Waals surface area contributed by atoms with Gasteiger partial charge in [0.2, 0.25) is 0 Å². The SMILES string of the molecule is O=C(O)C1CCCC(NCc2ccc(Br)cc2[N+](=O)[O-])C1. The van der Waals surface area contributed by atoms with Crippen molar-refractivity contribution < 1.29 is 14.8 Å². The van der Waals surface area contributed by atoms with Gasteiger partial charge in [-0.25, -0.2) is 0 Å². The molecule has 114 valence electrons. The minimum atomic E-state index is -0.754. The van der Waals surface area contributed by atoms with Crippen LogP contribution in [0.25, 0.3) is 0 Å². The first-order valence-corrected chi connectivity index (χ1v) is 7.65. The van der Waals surface area contributed by atoms with Crippen molar-refractivity contribution >= 4 is 27.6 Å². The van der Waals surface area contributed by atoms with Crippen molar-refractivity contribution in [3.05, 3.63) is 38.3 Å². The van der Waals surface area contributed by atoms with Crippen LogP contribution in [0.15, 0.2) is 22.7 Å². The zero-order valence-electron chi connectivity index (χ0n) is 11.4. The van der Waals surface area contributed by atoms with Crippen LogP contribution in [0, 0.1) is 16.0 Å². The second-order valence-corrected chi connectivity index (χ2v) is 6.23. The highest BCUT2D eigenvalue weighted by molar-refractivity contribution is 9.10. The molecule has 7 heteroatoms. The molecular formula is C14H17BrN2O4. The summed E-state index contributed by atoms with van der Waals surface area (Å²) in [6, 6.07) is 5.07. The molecule has 1 aromatic carbocycles. The molecule has 0 saturated heterocycles. The number of carbonyl (C=O) groups is 1. The van der Waals surface area contributed by atoms with E-state index in [4.69, 9.17) is 5.11 Å². The number of nitrogens with one attached hydrogen (secondary N) is 1. The van der Waals surface area contributed by atoms with Crippen molar-refractivity contribution in [3.8, 4) is 0 Å². The number of aliphatic carboxylic acids is 1. The Morgan fingerprint density at radius 3 is 2.90 bits per heavy atom. The molecule has 0 aromatic heterocycles. The summed E-state index contributed by atoms with van der Waals surface area (Å²) >= 11 is 3.23. The Morgan fingerprint density at radius 1 is 1.48 bits per heavy atom. The maximum atomic E-state index is 11.0. The quantitative estimate of drug-likeness (QED) is 0.624. The summed E-state index contributed by atoms with van der Waals surface area (Å²) in [6.07, 6.45) is 3.08. The number of halogens is 1. The fourth-order valence-electron chi connectivity index (χ4n) is 2.71. The van der Waals surface area contributed by atoms with Crippen LogP contribution < -0.4 is 5.32 Å². The molecule has 0 bridgehead atoms. The van der Waals surface area contributed by atoms with Gasteiger partial charge in [0.05, 0.1) is 10.8 Å². The number of carboxylic acid groups (broad SMARTS) is 1. The minimum absolute atomic E-state index is 0.0717. The summed E-state index contributed by atoms with van der Waals surface area (Å²) in [4.78, 5) is 21.7. The number of nitro groups is 1. The van der Waals surface area contributed by atoms with Crippen LogP contribution >= 0.6 is 15.9 Å². The average Bonchev–Trinajstić information content (AvgIpc) is 2.46. The van der Waals surface area contributed by atoms with Gasteiger partial charge in [0.15, 0.2) is 0 Å². The highest BCUT2D eigenvalue weighted by atomic mass is 79.9. The van der Waals surface area contributed by atoms with Crippen molar-refractivity contribution in [2.24, 2.45) is 5.92 Å². The van der Waals surface area contributed by atoms with E-state index in [0.717, 1.165) is 12.8 Å². The summed E-state index contributed by atoms with van der Waals surface area (Å²) in [5.41, 5.74) is 0.683. The Labute approximate surface area is 130 Å². The van der Waals surface area contributed by atoms with Crippen LogP contribution in [0.5, 0.6) is 0 Å². The fourth-order valence-corrected chi connectivity index (χ4v) is 3.06. The monoisotopic (exact) mass is 356 g/mol. The third-order valence-electron chi connectivity index (χ3n) is 3.85. The van der Waals surface area contributed by atoms with Crippen molar-refractivity contribution in [2.45, 2.75) is 38.3 Å². The lowest BCUT2D eigenvalue weighted by molar-refractivity contribution is -0.385. The van der Waals surface area contributed by atoms with E-state index in [0.29, 0.717) is 29.4 Å². The number of carboxylic acids is 1. The molecule has 2 N–H and O–H groups in total. The van der Waals surface area contributed by atoms with E-state index < -0.39 is 10.9 Å². The molecule has 0 spiro atoms. The highest BCUT2D eigenvalue weighted by Crippen LogP contribution is 2.26. The molecule has 0 amide bonds. The summed E-state index contributed by atoms with van der Waals surface area (Å²) < 4.78 is 0.668. The second kappa shape index (κ2) is 7.00. The molecule has 1 fully saturated rings. The number of hydrogen-bond acceptors (Lipinski definition) is 4. The topological polar surface area (TPSA) is 92.5 Å². The maximum absolute atomic E-state index is 11.0. The summed E-state index contributed by atoms with van der Waals surface area (Å²) in [7, 11) is 0. The van der Waals surface area contributed by atoms with Crippen LogP contribution in [-0.4, -0.2) is 22.0 Å². The molecular weight excluding hydrogens is 340 g/mol. The number of nitro benzene ring substituents is 1. The summed E-state index contributed by atoms with van der Waals surface area (Å²) in [5, 5.41) is 23.4. The van der Waals surface area contributed by atoms with Crippen molar-refractivity contribution in [2.75, 3.05) is 0 Å². The maximum Gasteiger partial charge on any atom is 0.306 e. The Bertz CT molecular complexity index is 550. The smallest absolute Gasteiger partial charge is 0.306 e. The predicted octanol–water partition coefficient (Wildman–Crippen LogP) is 3.09. The van der Waals surface area contributed by atoms with Gasteiger partial charge in [-0.15, -0.1) is 0 Å². The van der Waals surface area contributed by atoms with Gasteiger partial charge in [-0.2, -0.15) is 0 Å². The lowest BCUT2D eigenvalue weighted by Crippen LogP contribution is -2.36. The molecule has 2 rings (SSSR count). The zero-order chi connectivity index (χ0) is 15.4. The third kappa shape index (κ3) is 4.25. The van der Waals surface area contributed by atoms with Gasteiger partial charge in [-0.3, -0.25) is 14.9 Å². The number of nitrogens with zero attached hydrogens (tertiary/aromatic N) is 1. The van der Waals surface area contributed by atoms with E-state index in [9.17, 15) is 14.9 Å². The van der Waals surface area contributed by atoms with Gasteiger partial charge < -0.3 is 10.4 Å². The largest absolute Gasteiger partial charge is 0.481 e. The Morgan fingerprint density at radius 2 is 2.24 bits per heavy atom. The summed E-state index contributed by atoms with van der Waals surface area (Å²) in [5.74, 6) is -1.06. The first kappa shape index (κ1) is 15.9. The average molecular weight is 357 g/mol. The van der Waals surface area contributed by atoms with Gasteiger partial charge in [0, 0.05) is 28.7 Å². The highest BCUT2D eigenvalue weighted by Gasteiger charge is 2.27. The number of rotatable bonds is 5. The molecule has 1 aliphatic carbocycles. The zero-order valence-corrected chi connectivity index (χ0v) is 13.0. The molecule has 2 unspecified atom stereocenters. The van der Waals surface area contributed by atoms with E-state index in [2.05, 4.69) is 21.2 Å². The number of hydrogen-bond donors (Lipinski definition) is 2. The van der Waals surface area contributed by atoms with Crippen LogP contribution in [0.3, 0.4) is 0 Å². The third-order valence-corrected chi connectivity index (χ3v) is 4.34. The first-order chi connectivity index (χ1) is 9.97. The Hall–Kier alpha value is -1.47. The van der Waals surface area contributed by atoms with Gasteiger partial charge in [-0.1, -0.05) is 22.4 Å². The molecule has 2 atom stereocenters. The van der Waals surface area contributed by atoms with E-state index in [1.54, 1.807) is 12.1 Å². The normalized spacial score (nSPS) is 22.0. The predicted molar refractivity (Wildman–Crippen MR) is 81.0 cm³/mol. The molecule has 0 radical (unpaired) electrons. The van der Waals surface area contributed by atoms with Gasteiger partial charge in [-0.05, 0) is 31.4 Å². The number of benzene rings is 1. The lowest BCUT2D eigenvalue weighted by atomic mass is 9.85. The van der Waals surface area contributed by atoms with Crippen LogP contribution in [-0.2, 0) is 11.3 Å².